The van der Waals surface area contributed by atoms with Gasteiger partial charge in [-0.1, -0.05) is 18.3 Å². The zero-order valence-corrected chi connectivity index (χ0v) is 18.6. The molecule has 154 valence electrons. The monoisotopic (exact) mass is 432 g/mol. The average molecular weight is 433 g/mol. The Bertz CT molecular complexity index is 1050. The molecule has 1 heterocycles. The van der Waals surface area contributed by atoms with E-state index in [-0.39, 0.29) is 5.91 Å². The number of thiazole rings is 1. The molecule has 0 saturated carbocycles. The summed E-state index contributed by atoms with van der Waals surface area (Å²) in [6.45, 7) is 3.18. The Hall–Kier alpha value is -2.29. The van der Waals surface area contributed by atoms with Crippen LogP contribution in [0.4, 0.5) is 0 Å². The number of ether oxygens (including phenoxy) is 3. The number of nitrogens with zero attached hydrogens (tertiary/aromatic N) is 2. The van der Waals surface area contributed by atoms with Gasteiger partial charge >= 0.3 is 0 Å². The topological polar surface area (TPSA) is 62.0 Å². The summed E-state index contributed by atoms with van der Waals surface area (Å²) in [5.41, 5.74) is 1.49. The van der Waals surface area contributed by atoms with Gasteiger partial charge in [0.2, 0.25) is 0 Å². The summed E-state index contributed by atoms with van der Waals surface area (Å²) >= 11 is 3.18. The third kappa shape index (κ3) is 4.83. The Balaban J connectivity index is 2.07. The Labute approximate surface area is 178 Å². The fourth-order valence-corrected chi connectivity index (χ4v) is 4.62. The summed E-state index contributed by atoms with van der Waals surface area (Å²) in [4.78, 5) is 18.9. The molecule has 0 fully saturated rings. The maximum absolute atomic E-state index is 12.8. The van der Waals surface area contributed by atoms with Crippen molar-refractivity contribution in [1.29, 1.82) is 0 Å². The average Bonchev–Trinajstić information content (AvgIpc) is 3.07. The normalized spacial score (nSPS) is 11.8. The maximum Gasteiger partial charge on any atom is 0.279 e. The third-order valence-electron chi connectivity index (χ3n) is 4.32. The van der Waals surface area contributed by atoms with E-state index in [1.165, 1.54) is 11.3 Å². The van der Waals surface area contributed by atoms with Crippen molar-refractivity contribution in [2.45, 2.75) is 18.4 Å². The predicted molar refractivity (Wildman–Crippen MR) is 118 cm³/mol. The van der Waals surface area contributed by atoms with Crippen LogP contribution in [0.15, 0.2) is 46.3 Å². The summed E-state index contributed by atoms with van der Waals surface area (Å²) < 4.78 is 19.0. The van der Waals surface area contributed by atoms with Crippen LogP contribution in [-0.2, 0) is 11.3 Å². The standard InChI is InChI=1S/C21H24N2O4S2/c1-5-28-15-8-6-14(7-9-15)20(24)22-21-23(10-11-25-2)16-12-17(26-3)18(27-4)13-19(16)29-21/h6-9,12-13H,5,10-11H2,1-4H3. The lowest BCUT2D eigenvalue weighted by Gasteiger charge is -2.09. The van der Waals surface area contributed by atoms with Gasteiger partial charge in [-0.3, -0.25) is 4.79 Å². The Kier molecular flexibility index (Phi) is 7.35. The first-order chi connectivity index (χ1) is 14.1. The van der Waals surface area contributed by atoms with Gasteiger partial charge in [-0.25, -0.2) is 0 Å². The Morgan fingerprint density at radius 1 is 1.10 bits per heavy atom. The molecule has 8 heteroatoms. The minimum Gasteiger partial charge on any atom is -0.493 e. The van der Waals surface area contributed by atoms with Gasteiger partial charge in [-0.15, -0.1) is 11.8 Å². The lowest BCUT2D eigenvalue weighted by atomic mass is 10.2. The highest BCUT2D eigenvalue weighted by atomic mass is 32.2. The molecule has 0 radical (unpaired) electrons. The maximum atomic E-state index is 12.8. The molecule has 0 bridgehead atoms. The van der Waals surface area contributed by atoms with Crippen molar-refractivity contribution in [2.24, 2.45) is 4.99 Å². The van der Waals surface area contributed by atoms with E-state index in [1.807, 2.05) is 41.0 Å². The summed E-state index contributed by atoms with van der Waals surface area (Å²) in [5, 5.41) is 0. The molecule has 2 aromatic carbocycles. The molecule has 1 amide bonds. The molecule has 0 N–H and O–H groups in total. The summed E-state index contributed by atoms with van der Waals surface area (Å²) in [5.74, 6) is 1.99. The molecular formula is C21H24N2O4S2. The van der Waals surface area contributed by atoms with Crippen molar-refractivity contribution in [2.75, 3.05) is 33.7 Å². The molecule has 0 spiro atoms. The van der Waals surface area contributed by atoms with E-state index in [1.54, 1.807) is 33.1 Å². The van der Waals surface area contributed by atoms with Crippen molar-refractivity contribution in [1.82, 2.24) is 4.57 Å². The first-order valence-electron chi connectivity index (χ1n) is 9.17. The Morgan fingerprint density at radius 2 is 1.79 bits per heavy atom. The van der Waals surface area contributed by atoms with Gasteiger partial charge in [0, 0.05) is 36.2 Å². The lowest BCUT2D eigenvalue weighted by Crippen LogP contribution is -2.19. The molecule has 0 unspecified atom stereocenters. The highest BCUT2D eigenvalue weighted by Gasteiger charge is 2.14. The summed E-state index contributed by atoms with van der Waals surface area (Å²) in [7, 11) is 4.85. The largest absolute Gasteiger partial charge is 0.493 e. The summed E-state index contributed by atoms with van der Waals surface area (Å²) in [6.07, 6.45) is 0. The number of benzene rings is 2. The molecule has 1 aromatic heterocycles. The van der Waals surface area contributed by atoms with Gasteiger partial charge in [0.05, 0.1) is 31.0 Å². The Morgan fingerprint density at radius 3 is 2.41 bits per heavy atom. The van der Waals surface area contributed by atoms with Crippen molar-refractivity contribution >= 4 is 39.2 Å². The molecule has 3 rings (SSSR count). The molecule has 0 aliphatic carbocycles. The van der Waals surface area contributed by atoms with E-state index in [0.717, 1.165) is 20.9 Å². The second kappa shape index (κ2) is 9.96. The van der Waals surface area contributed by atoms with Gasteiger partial charge < -0.3 is 18.8 Å². The molecule has 0 saturated heterocycles. The third-order valence-corrected chi connectivity index (χ3v) is 6.25. The number of hydrogen-bond acceptors (Lipinski definition) is 6. The summed E-state index contributed by atoms with van der Waals surface area (Å²) in [6, 6.07) is 11.4. The van der Waals surface area contributed by atoms with Crippen LogP contribution in [-0.4, -0.2) is 44.2 Å². The van der Waals surface area contributed by atoms with Crippen LogP contribution < -0.4 is 14.3 Å². The molecule has 0 aliphatic heterocycles. The van der Waals surface area contributed by atoms with E-state index >= 15 is 0 Å². The van der Waals surface area contributed by atoms with Crippen LogP contribution in [0.2, 0.25) is 0 Å². The van der Waals surface area contributed by atoms with Gasteiger partial charge in [0.1, 0.15) is 0 Å². The predicted octanol–water partition coefficient (Wildman–Crippen LogP) is 4.22. The zero-order valence-electron chi connectivity index (χ0n) is 16.9. The first-order valence-corrected chi connectivity index (χ1v) is 11.0. The van der Waals surface area contributed by atoms with Crippen LogP contribution in [0, 0.1) is 0 Å². The molecule has 29 heavy (non-hydrogen) atoms. The smallest absolute Gasteiger partial charge is 0.279 e. The number of carbonyl (C=O) groups excluding carboxylic acids is 1. The van der Waals surface area contributed by atoms with Crippen LogP contribution in [0.25, 0.3) is 10.2 Å². The number of aromatic nitrogens is 1. The van der Waals surface area contributed by atoms with E-state index in [0.29, 0.717) is 35.0 Å². The lowest BCUT2D eigenvalue weighted by molar-refractivity contribution is 0.0997. The van der Waals surface area contributed by atoms with E-state index in [4.69, 9.17) is 14.2 Å². The molecular weight excluding hydrogens is 408 g/mol. The van der Waals surface area contributed by atoms with Crippen molar-refractivity contribution < 1.29 is 19.0 Å². The van der Waals surface area contributed by atoms with Crippen molar-refractivity contribution in [3.8, 4) is 11.5 Å². The van der Waals surface area contributed by atoms with Gasteiger partial charge in [-0.2, -0.15) is 4.99 Å². The number of carbonyl (C=O) groups is 1. The second-order valence-corrected chi connectivity index (χ2v) is 8.42. The molecule has 3 aromatic rings. The van der Waals surface area contributed by atoms with Gasteiger partial charge in [0.15, 0.2) is 16.3 Å². The quantitative estimate of drug-likeness (QED) is 0.499. The highest BCUT2D eigenvalue weighted by Crippen LogP contribution is 2.33. The minimum atomic E-state index is -0.269. The minimum absolute atomic E-state index is 0.269. The highest BCUT2D eigenvalue weighted by molar-refractivity contribution is 7.99. The van der Waals surface area contributed by atoms with E-state index in [9.17, 15) is 4.79 Å². The van der Waals surface area contributed by atoms with Crippen LogP contribution in [0.3, 0.4) is 0 Å². The molecule has 0 aliphatic rings. The first kappa shape index (κ1) is 21.4. The number of methoxy groups -OCH3 is 3. The SMILES string of the molecule is CCSc1ccc(C(=O)N=c2sc3cc(OC)c(OC)cc3n2CCOC)cc1. The number of rotatable bonds is 8. The fourth-order valence-electron chi connectivity index (χ4n) is 2.89. The van der Waals surface area contributed by atoms with E-state index < -0.39 is 0 Å². The number of amides is 1. The zero-order chi connectivity index (χ0) is 20.8. The molecule has 0 atom stereocenters. The van der Waals surface area contributed by atoms with Gasteiger partial charge in [-0.05, 0) is 30.0 Å². The number of hydrogen-bond donors (Lipinski definition) is 0. The van der Waals surface area contributed by atoms with Crippen LogP contribution >= 0.6 is 23.1 Å². The fraction of sp³-hybridized carbons (Fsp3) is 0.333. The number of fused-ring (bicyclic) bond motifs is 1. The second-order valence-electron chi connectivity index (χ2n) is 6.08. The van der Waals surface area contributed by atoms with Gasteiger partial charge in [0.25, 0.3) is 5.91 Å². The number of thioether (sulfide) groups is 1. The van der Waals surface area contributed by atoms with Crippen LogP contribution in [0.5, 0.6) is 11.5 Å². The van der Waals surface area contributed by atoms with Crippen LogP contribution in [0.1, 0.15) is 17.3 Å². The van der Waals surface area contributed by atoms with Crippen molar-refractivity contribution in [3.05, 3.63) is 46.8 Å². The van der Waals surface area contributed by atoms with E-state index in [2.05, 4.69) is 11.9 Å². The van der Waals surface area contributed by atoms with Crippen molar-refractivity contribution in [3.63, 3.8) is 0 Å². The molecule has 6 nitrogen and oxygen atoms in total.